The first-order chi connectivity index (χ1) is 9.06. The van der Waals surface area contributed by atoms with Crippen LogP contribution in [0.15, 0.2) is 36.4 Å². The van der Waals surface area contributed by atoms with E-state index >= 15 is 0 Å². The lowest BCUT2D eigenvalue weighted by Gasteiger charge is -2.07. The van der Waals surface area contributed by atoms with Crippen LogP contribution in [0.4, 0.5) is 0 Å². The highest BCUT2D eigenvalue weighted by Gasteiger charge is 2.04. The van der Waals surface area contributed by atoms with E-state index in [1.54, 1.807) is 24.3 Å². The molecule has 5 nitrogen and oxygen atoms in total. The molecule has 0 atom stereocenters. The maximum Gasteiger partial charge on any atom is 0.305 e. The second kappa shape index (κ2) is 5.67. The van der Waals surface area contributed by atoms with Gasteiger partial charge in [-0.05, 0) is 24.3 Å². The number of carboxylic acids is 1. The van der Waals surface area contributed by atoms with E-state index in [1.165, 1.54) is 4.68 Å². The van der Waals surface area contributed by atoms with E-state index in [1.807, 2.05) is 12.1 Å². The van der Waals surface area contributed by atoms with Crippen LogP contribution in [0.3, 0.4) is 0 Å². The minimum Gasteiger partial charge on any atom is -0.481 e. The van der Waals surface area contributed by atoms with Gasteiger partial charge >= 0.3 is 5.97 Å². The van der Waals surface area contributed by atoms with Crippen molar-refractivity contribution in [2.75, 3.05) is 0 Å². The van der Waals surface area contributed by atoms with Gasteiger partial charge in [0.2, 0.25) is 0 Å². The summed E-state index contributed by atoms with van der Waals surface area (Å²) in [6.07, 6.45) is -0.0619. The second-order valence-corrected chi connectivity index (χ2v) is 4.41. The summed E-state index contributed by atoms with van der Waals surface area (Å²) >= 11 is 5.82. The third-order valence-corrected chi connectivity index (χ3v) is 2.84. The molecule has 0 spiro atoms. The molecule has 0 saturated carbocycles. The van der Waals surface area contributed by atoms with Gasteiger partial charge in [0.1, 0.15) is 5.49 Å². The van der Waals surface area contributed by atoms with Crippen molar-refractivity contribution in [2.45, 2.75) is 13.0 Å². The quantitative estimate of drug-likeness (QED) is 0.899. The minimum absolute atomic E-state index is 0.0619. The topological polar surface area (TPSA) is 79.0 Å². The number of halogens is 1. The summed E-state index contributed by atoms with van der Waals surface area (Å²) in [5.41, 5.74) is 1.73. The average molecular weight is 278 g/mol. The maximum absolute atomic E-state index is 10.6. The van der Waals surface area contributed by atoms with Crippen LogP contribution in [0.25, 0.3) is 11.3 Å². The summed E-state index contributed by atoms with van der Waals surface area (Å²) in [6, 6.07) is 10.5. The SMILES string of the molecule is N=c1ccc(-c2ccc(Cl)cc2)nn1CCC(=O)O. The molecule has 0 aliphatic carbocycles. The molecule has 0 radical (unpaired) electrons. The van der Waals surface area contributed by atoms with Gasteiger partial charge in [0.15, 0.2) is 0 Å². The van der Waals surface area contributed by atoms with Crippen molar-refractivity contribution < 1.29 is 9.90 Å². The van der Waals surface area contributed by atoms with Gasteiger partial charge in [-0.25, -0.2) is 4.68 Å². The predicted octanol–water partition coefficient (Wildman–Crippen LogP) is 2.16. The van der Waals surface area contributed by atoms with Crippen LogP contribution in [0.1, 0.15) is 6.42 Å². The van der Waals surface area contributed by atoms with E-state index in [9.17, 15) is 4.79 Å². The van der Waals surface area contributed by atoms with Crippen LogP contribution in [0.5, 0.6) is 0 Å². The molecular weight excluding hydrogens is 266 g/mol. The smallest absolute Gasteiger partial charge is 0.305 e. The van der Waals surface area contributed by atoms with Crippen molar-refractivity contribution in [2.24, 2.45) is 0 Å². The van der Waals surface area contributed by atoms with E-state index in [0.717, 1.165) is 5.56 Å². The van der Waals surface area contributed by atoms with E-state index in [4.69, 9.17) is 22.1 Å². The Morgan fingerprint density at radius 2 is 1.95 bits per heavy atom. The molecule has 2 rings (SSSR count). The molecule has 0 amide bonds. The predicted molar refractivity (Wildman–Crippen MR) is 70.8 cm³/mol. The summed E-state index contributed by atoms with van der Waals surface area (Å²) in [7, 11) is 0. The van der Waals surface area contributed by atoms with E-state index in [0.29, 0.717) is 10.7 Å². The first-order valence-corrected chi connectivity index (χ1v) is 6.04. The fourth-order valence-corrected chi connectivity index (χ4v) is 1.73. The zero-order valence-corrected chi connectivity index (χ0v) is 10.8. The highest BCUT2D eigenvalue weighted by atomic mass is 35.5. The van der Waals surface area contributed by atoms with Crippen molar-refractivity contribution in [3.05, 3.63) is 46.9 Å². The highest BCUT2D eigenvalue weighted by molar-refractivity contribution is 6.30. The normalized spacial score (nSPS) is 10.4. The standard InChI is InChI=1S/C13H12ClN3O2/c14-10-3-1-9(2-4-10)11-5-6-12(15)17(16-11)8-7-13(18)19/h1-6,15H,7-8H2,(H,18,19). The van der Waals surface area contributed by atoms with Gasteiger partial charge in [0, 0.05) is 10.6 Å². The van der Waals surface area contributed by atoms with Gasteiger partial charge in [-0.1, -0.05) is 23.7 Å². The number of carboxylic acid groups (broad SMARTS) is 1. The monoisotopic (exact) mass is 277 g/mol. The van der Waals surface area contributed by atoms with Crippen LogP contribution in [0, 0.1) is 5.41 Å². The fourth-order valence-electron chi connectivity index (χ4n) is 1.61. The third kappa shape index (κ3) is 3.42. The maximum atomic E-state index is 10.6. The third-order valence-electron chi connectivity index (χ3n) is 2.58. The number of rotatable bonds is 4. The number of aromatic nitrogens is 2. The summed E-state index contributed by atoms with van der Waals surface area (Å²) in [5.74, 6) is -0.911. The largest absolute Gasteiger partial charge is 0.481 e. The van der Waals surface area contributed by atoms with Gasteiger partial charge in [0.25, 0.3) is 0 Å². The van der Waals surface area contributed by atoms with Gasteiger partial charge in [-0.2, -0.15) is 5.10 Å². The van der Waals surface area contributed by atoms with Crippen LogP contribution in [-0.2, 0) is 11.3 Å². The molecule has 0 fully saturated rings. The molecular formula is C13H12ClN3O2. The number of hydrogen-bond acceptors (Lipinski definition) is 3. The Morgan fingerprint density at radius 1 is 1.26 bits per heavy atom. The van der Waals surface area contributed by atoms with Crippen molar-refractivity contribution in [3.63, 3.8) is 0 Å². The Kier molecular flexibility index (Phi) is 3.97. The fraction of sp³-hybridized carbons (Fsp3) is 0.154. The molecule has 1 heterocycles. The summed E-state index contributed by atoms with van der Waals surface area (Å²) in [4.78, 5) is 10.6. The van der Waals surface area contributed by atoms with Gasteiger partial charge in [-0.3, -0.25) is 10.2 Å². The number of nitrogens with zero attached hydrogens (tertiary/aromatic N) is 2. The Labute approximate surface area is 114 Å². The molecule has 2 N–H and O–H groups in total. The van der Waals surface area contributed by atoms with Crippen LogP contribution in [0.2, 0.25) is 5.02 Å². The van der Waals surface area contributed by atoms with Gasteiger partial charge < -0.3 is 5.11 Å². The van der Waals surface area contributed by atoms with Crippen molar-refractivity contribution in [1.29, 1.82) is 5.41 Å². The average Bonchev–Trinajstić information content (AvgIpc) is 2.39. The van der Waals surface area contributed by atoms with Crippen LogP contribution in [-0.4, -0.2) is 20.9 Å². The van der Waals surface area contributed by atoms with Crippen LogP contribution >= 0.6 is 11.6 Å². The highest BCUT2D eigenvalue weighted by Crippen LogP contribution is 2.18. The molecule has 1 aromatic carbocycles. The zero-order chi connectivity index (χ0) is 13.8. The zero-order valence-electron chi connectivity index (χ0n) is 10.0. The minimum atomic E-state index is -0.911. The first kappa shape index (κ1) is 13.3. The van der Waals surface area contributed by atoms with E-state index in [2.05, 4.69) is 5.10 Å². The molecule has 98 valence electrons. The Hall–Kier alpha value is -2.14. The summed E-state index contributed by atoms with van der Waals surface area (Å²) in [6.45, 7) is 0.176. The van der Waals surface area contributed by atoms with Gasteiger partial charge in [0.05, 0.1) is 18.7 Å². The summed E-state index contributed by atoms with van der Waals surface area (Å²) in [5, 5.41) is 21.3. The molecule has 0 aliphatic heterocycles. The Balaban J connectivity index is 2.32. The molecule has 0 unspecified atom stereocenters. The van der Waals surface area contributed by atoms with E-state index < -0.39 is 5.97 Å². The summed E-state index contributed by atoms with van der Waals surface area (Å²) < 4.78 is 1.37. The lowest BCUT2D eigenvalue weighted by Crippen LogP contribution is -2.23. The molecule has 1 aromatic heterocycles. The number of aryl methyl sites for hydroxylation is 1. The lowest BCUT2D eigenvalue weighted by atomic mass is 10.1. The second-order valence-electron chi connectivity index (χ2n) is 3.98. The molecule has 0 bridgehead atoms. The molecule has 2 aromatic rings. The van der Waals surface area contributed by atoms with Crippen molar-refractivity contribution in [1.82, 2.24) is 9.78 Å². The number of benzene rings is 1. The molecule has 0 saturated heterocycles. The van der Waals surface area contributed by atoms with Crippen LogP contribution < -0.4 is 5.49 Å². The number of hydrogen-bond donors (Lipinski definition) is 2. The number of aliphatic carboxylic acids is 1. The molecule has 0 aliphatic rings. The van der Waals surface area contributed by atoms with E-state index in [-0.39, 0.29) is 18.5 Å². The van der Waals surface area contributed by atoms with Crippen molar-refractivity contribution in [3.8, 4) is 11.3 Å². The molecule has 19 heavy (non-hydrogen) atoms. The lowest BCUT2D eigenvalue weighted by molar-refractivity contribution is -0.137. The number of carbonyl (C=O) groups is 1. The molecule has 6 heteroatoms. The number of nitrogens with one attached hydrogen (secondary N) is 1. The van der Waals surface area contributed by atoms with Gasteiger partial charge in [-0.15, -0.1) is 0 Å². The Morgan fingerprint density at radius 3 is 2.58 bits per heavy atom. The first-order valence-electron chi connectivity index (χ1n) is 5.67. The Bertz CT molecular complexity index is 650. The van der Waals surface area contributed by atoms with Crippen molar-refractivity contribution >= 4 is 17.6 Å².